The fraction of sp³-hybridized carbons (Fsp3) is 0.818. The molecule has 1 atom stereocenters. The smallest absolute Gasteiger partial charge is 0.312 e. The lowest BCUT2D eigenvalue weighted by atomic mass is 10.1. The second-order valence-corrected chi connectivity index (χ2v) is 7.35. The van der Waals surface area contributed by atoms with Crippen molar-refractivity contribution >= 4 is 21.7 Å². The predicted molar refractivity (Wildman–Crippen MR) is 69.3 cm³/mol. The highest BCUT2D eigenvalue weighted by Crippen LogP contribution is 2.14. The van der Waals surface area contributed by atoms with Crippen LogP contribution in [0.1, 0.15) is 6.42 Å². The molecule has 108 valence electrons. The molecule has 2 heterocycles. The average Bonchev–Trinajstić information content (AvgIpc) is 2.34. The highest BCUT2D eigenvalue weighted by molar-refractivity contribution is 7.90. The maximum Gasteiger partial charge on any atom is 0.312 e. The van der Waals surface area contributed by atoms with E-state index in [1.54, 1.807) is 4.90 Å². The van der Waals surface area contributed by atoms with Crippen molar-refractivity contribution in [1.82, 2.24) is 15.1 Å². The Labute approximate surface area is 112 Å². The molecule has 7 nitrogen and oxygen atoms in total. The van der Waals surface area contributed by atoms with E-state index in [4.69, 9.17) is 0 Å². The topological polar surface area (TPSA) is 86.8 Å². The largest absolute Gasteiger partial charge is 0.332 e. The number of hydrogen-bond donors (Lipinski definition) is 1. The molecule has 0 spiro atoms. The van der Waals surface area contributed by atoms with Gasteiger partial charge in [-0.15, -0.1) is 0 Å². The Hall–Kier alpha value is -1.15. The maximum absolute atomic E-state index is 11.9. The Bertz CT molecular complexity index is 476. The average molecular weight is 289 g/mol. The Balaban J connectivity index is 1.94. The van der Waals surface area contributed by atoms with Crippen LogP contribution in [0.15, 0.2) is 0 Å². The molecule has 0 aromatic rings. The quantitative estimate of drug-likeness (QED) is 0.609. The van der Waals surface area contributed by atoms with Gasteiger partial charge in [-0.3, -0.25) is 9.59 Å². The van der Waals surface area contributed by atoms with Crippen molar-refractivity contribution in [1.29, 1.82) is 0 Å². The minimum atomic E-state index is -3.02. The van der Waals surface area contributed by atoms with Crippen LogP contribution in [0.3, 0.4) is 0 Å². The molecule has 0 saturated carbocycles. The number of hydrogen-bond acceptors (Lipinski definition) is 5. The molecule has 0 bridgehead atoms. The Morgan fingerprint density at radius 2 is 2.05 bits per heavy atom. The number of nitrogens with one attached hydrogen (secondary N) is 1. The van der Waals surface area contributed by atoms with Gasteiger partial charge in [0.25, 0.3) is 0 Å². The van der Waals surface area contributed by atoms with E-state index >= 15 is 0 Å². The molecule has 2 saturated heterocycles. The molecule has 0 aliphatic carbocycles. The van der Waals surface area contributed by atoms with Gasteiger partial charge in [-0.25, -0.2) is 8.42 Å². The first kappa shape index (κ1) is 14.3. The van der Waals surface area contributed by atoms with Gasteiger partial charge in [0.15, 0.2) is 0 Å². The van der Waals surface area contributed by atoms with Crippen LogP contribution in [0.5, 0.6) is 0 Å². The Morgan fingerprint density at radius 3 is 2.74 bits per heavy atom. The summed E-state index contributed by atoms with van der Waals surface area (Å²) in [6, 6.07) is 0.0113. The third-order valence-electron chi connectivity index (χ3n) is 3.46. The lowest BCUT2D eigenvalue weighted by Gasteiger charge is -2.43. The first-order valence-corrected chi connectivity index (χ1v) is 8.43. The van der Waals surface area contributed by atoms with Crippen LogP contribution >= 0.6 is 0 Å². The summed E-state index contributed by atoms with van der Waals surface area (Å²) in [5, 5.41) is 3.19. The van der Waals surface area contributed by atoms with Crippen molar-refractivity contribution in [3.8, 4) is 0 Å². The molecular weight excluding hydrogens is 270 g/mol. The van der Waals surface area contributed by atoms with Crippen LogP contribution in [0.2, 0.25) is 0 Å². The van der Waals surface area contributed by atoms with Gasteiger partial charge in [-0.05, 0) is 6.42 Å². The summed E-state index contributed by atoms with van der Waals surface area (Å²) in [6.45, 7) is 2.76. The van der Waals surface area contributed by atoms with Crippen molar-refractivity contribution in [2.24, 2.45) is 0 Å². The van der Waals surface area contributed by atoms with E-state index in [-0.39, 0.29) is 11.8 Å². The number of nitrogens with zero attached hydrogens (tertiary/aromatic N) is 2. The molecule has 19 heavy (non-hydrogen) atoms. The molecule has 2 amide bonds. The zero-order valence-electron chi connectivity index (χ0n) is 11.0. The number of rotatable bonds is 4. The van der Waals surface area contributed by atoms with Crippen LogP contribution in [-0.2, 0) is 19.4 Å². The molecule has 0 radical (unpaired) electrons. The molecule has 2 fully saturated rings. The number of fused-ring (bicyclic) bond motifs is 1. The van der Waals surface area contributed by atoms with Gasteiger partial charge in [0.2, 0.25) is 0 Å². The van der Waals surface area contributed by atoms with Gasteiger partial charge in [0.1, 0.15) is 9.84 Å². The molecule has 1 unspecified atom stereocenters. The van der Waals surface area contributed by atoms with Crippen LogP contribution in [-0.4, -0.2) is 80.8 Å². The van der Waals surface area contributed by atoms with Gasteiger partial charge < -0.3 is 15.1 Å². The lowest BCUT2D eigenvalue weighted by molar-refractivity contribution is -0.159. The zero-order chi connectivity index (χ0) is 14.0. The van der Waals surface area contributed by atoms with Crippen molar-refractivity contribution in [2.75, 3.05) is 44.7 Å². The van der Waals surface area contributed by atoms with E-state index in [1.807, 2.05) is 0 Å². The first-order chi connectivity index (χ1) is 8.88. The van der Waals surface area contributed by atoms with Gasteiger partial charge in [0.05, 0.1) is 11.8 Å². The van der Waals surface area contributed by atoms with E-state index in [0.717, 1.165) is 0 Å². The van der Waals surface area contributed by atoms with Crippen molar-refractivity contribution < 1.29 is 18.0 Å². The molecule has 8 heteroatoms. The van der Waals surface area contributed by atoms with Crippen LogP contribution in [0.4, 0.5) is 0 Å². The highest BCUT2D eigenvalue weighted by Gasteiger charge is 2.39. The van der Waals surface area contributed by atoms with Crippen LogP contribution < -0.4 is 5.32 Å². The summed E-state index contributed by atoms with van der Waals surface area (Å²) in [4.78, 5) is 26.9. The monoisotopic (exact) mass is 289 g/mol. The highest BCUT2D eigenvalue weighted by atomic mass is 32.2. The second-order valence-electron chi connectivity index (χ2n) is 5.09. The van der Waals surface area contributed by atoms with Crippen LogP contribution in [0, 0.1) is 0 Å². The van der Waals surface area contributed by atoms with E-state index in [0.29, 0.717) is 39.1 Å². The third kappa shape index (κ3) is 3.44. The molecule has 0 aromatic carbocycles. The summed E-state index contributed by atoms with van der Waals surface area (Å²) < 4.78 is 22.1. The molecule has 2 aliphatic rings. The normalized spacial score (nSPS) is 24.6. The number of amides is 2. The van der Waals surface area contributed by atoms with E-state index in [9.17, 15) is 18.0 Å². The van der Waals surface area contributed by atoms with Crippen molar-refractivity contribution in [3.05, 3.63) is 0 Å². The predicted octanol–water partition coefficient (Wildman–Crippen LogP) is -1.94. The molecule has 1 N–H and O–H groups in total. The van der Waals surface area contributed by atoms with Crippen LogP contribution in [0.25, 0.3) is 0 Å². The van der Waals surface area contributed by atoms with Gasteiger partial charge >= 0.3 is 11.8 Å². The number of piperazine rings is 2. The Morgan fingerprint density at radius 1 is 1.32 bits per heavy atom. The van der Waals surface area contributed by atoms with Gasteiger partial charge in [-0.2, -0.15) is 0 Å². The number of carbonyl (C=O) groups is 2. The van der Waals surface area contributed by atoms with Gasteiger partial charge in [0, 0.05) is 39.0 Å². The molecular formula is C11H19N3O4S. The van der Waals surface area contributed by atoms with E-state index in [2.05, 4.69) is 5.32 Å². The van der Waals surface area contributed by atoms with Crippen molar-refractivity contribution in [3.63, 3.8) is 0 Å². The zero-order valence-corrected chi connectivity index (χ0v) is 11.8. The summed E-state index contributed by atoms with van der Waals surface area (Å²) in [5.74, 6) is -0.929. The van der Waals surface area contributed by atoms with E-state index in [1.165, 1.54) is 11.2 Å². The SMILES string of the molecule is CS(=O)(=O)CCCN1CC2CNCCN2C(=O)C1=O. The summed E-state index contributed by atoms with van der Waals surface area (Å²) in [5.41, 5.74) is 0. The van der Waals surface area contributed by atoms with Gasteiger partial charge in [-0.1, -0.05) is 0 Å². The molecule has 2 aliphatic heterocycles. The fourth-order valence-corrected chi connectivity index (χ4v) is 3.15. The third-order valence-corrected chi connectivity index (χ3v) is 4.49. The van der Waals surface area contributed by atoms with Crippen molar-refractivity contribution in [2.45, 2.75) is 12.5 Å². The fourth-order valence-electron chi connectivity index (χ4n) is 2.50. The minimum Gasteiger partial charge on any atom is -0.332 e. The number of carbonyl (C=O) groups excluding carboxylic acids is 2. The summed E-state index contributed by atoms with van der Waals surface area (Å²) in [7, 11) is -3.02. The standard InChI is InChI=1S/C11H19N3O4S/c1-19(17,18)6-2-4-13-8-9-7-12-3-5-14(9)11(16)10(13)15/h9,12H,2-8H2,1H3. The first-order valence-electron chi connectivity index (χ1n) is 6.37. The lowest BCUT2D eigenvalue weighted by Crippen LogP contribution is -2.65. The molecule has 0 aromatic heterocycles. The summed E-state index contributed by atoms with van der Waals surface area (Å²) >= 11 is 0. The Kier molecular flexibility index (Phi) is 4.10. The van der Waals surface area contributed by atoms with E-state index < -0.39 is 21.7 Å². The number of sulfone groups is 1. The molecule has 2 rings (SSSR count). The second kappa shape index (κ2) is 5.46. The summed E-state index contributed by atoms with van der Waals surface area (Å²) in [6.07, 6.45) is 1.54. The maximum atomic E-state index is 11.9. The minimum absolute atomic E-state index is 0.0113.